The average molecular weight is 478 g/mol. The zero-order chi connectivity index (χ0) is 25.5. The van der Waals surface area contributed by atoms with Crippen molar-refractivity contribution in [3.05, 3.63) is 46.5 Å². The minimum absolute atomic E-state index is 0.0775. The minimum atomic E-state index is -0.459. The summed E-state index contributed by atoms with van der Waals surface area (Å²) in [5, 5.41) is 0. The fourth-order valence-corrected chi connectivity index (χ4v) is 5.12. The van der Waals surface area contributed by atoms with Gasteiger partial charge in [0, 0.05) is 22.3 Å². The molecule has 0 aromatic heterocycles. The quantitative estimate of drug-likeness (QED) is 0.457. The summed E-state index contributed by atoms with van der Waals surface area (Å²) < 4.78 is 18.0. The SMILES string of the molecule is CCCOc1c2c(c3c(c1C(C)(C)C)OCCC3)C(=O)C(c1ccc(OC)cc1)C(C(C)(C)C)=N2. The number of aliphatic imine (C=N–C) groups is 1. The van der Waals surface area contributed by atoms with Gasteiger partial charge in [-0.3, -0.25) is 9.79 Å². The van der Waals surface area contributed by atoms with Crippen molar-refractivity contribution in [2.75, 3.05) is 20.3 Å². The molecule has 0 N–H and O–H groups in total. The number of carbonyl (C=O) groups excluding carboxylic acids is 1. The summed E-state index contributed by atoms with van der Waals surface area (Å²) in [6, 6.07) is 7.79. The topological polar surface area (TPSA) is 57.1 Å². The molecule has 1 unspecified atom stereocenters. The van der Waals surface area contributed by atoms with Crippen LogP contribution in [0.4, 0.5) is 5.69 Å². The lowest BCUT2D eigenvalue weighted by Crippen LogP contribution is -2.36. The van der Waals surface area contributed by atoms with E-state index in [9.17, 15) is 4.79 Å². The zero-order valence-electron chi connectivity index (χ0n) is 22.5. The van der Waals surface area contributed by atoms with Crippen LogP contribution in [0, 0.1) is 5.41 Å². The number of methoxy groups -OCH3 is 1. The van der Waals surface area contributed by atoms with E-state index in [1.165, 1.54) is 0 Å². The van der Waals surface area contributed by atoms with E-state index in [1.54, 1.807) is 7.11 Å². The first-order valence-electron chi connectivity index (χ1n) is 12.7. The third-order valence-corrected chi connectivity index (χ3v) is 6.73. The monoisotopic (exact) mass is 477 g/mol. The summed E-state index contributed by atoms with van der Waals surface area (Å²) in [5.41, 5.74) is 4.61. The van der Waals surface area contributed by atoms with Gasteiger partial charge in [-0.15, -0.1) is 0 Å². The van der Waals surface area contributed by atoms with Crippen LogP contribution in [0.1, 0.15) is 94.3 Å². The molecule has 0 amide bonds. The lowest BCUT2D eigenvalue weighted by molar-refractivity contribution is 0.0975. The van der Waals surface area contributed by atoms with Gasteiger partial charge in [-0.2, -0.15) is 0 Å². The highest BCUT2D eigenvalue weighted by Gasteiger charge is 2.44. The van der Waals surface area contributed by atoms with Crippen molar-refractivity contribution >= 4 is 17.2 Å². The molecule has 5 nitrogen and oxygen atoms in total. The van der Waals surface area contributed by atoms with E-state index in [0.717, 1.165) is 53.2 Å². The summed E-state index contributed by atoms with van der Waals surface area (Å²) in [4.78, 5) is 19.8. The Morgan fingerprint density at radius 1 is 1.06 bits per heavy atom. The van der Waals surface area contributed by atoms with Crippen LogP contribution in [0.15, 0.2) is 29.3 Å². The standard InChI is InChI=1S/C30H39NO4/c1-9-16-34-27-23(29(2,3)4)26-20(11-10-17-35-26)22-24(27)31-28(30(5,6)7)21(25(22)32)18-12-14-19(33-8)15-13-18/h12-15,21H,9-11,16-17H2,1-8H3. The van der Waals surface area contributed by atoms with Crippen molar-refractivity contribution in [1.29, 1.82) is 0 Å². The van der Waals surface area contributed by atoms with Crippen LogP contribution in [-0.4, -0.2) is 31.8 Å². The van der Waals surface area contributed by atoms with Crippen LogP contribution in [0.2, 0.25) is 0 Å². The largest absolute Gasteiger partial charge is 0.497 e. The van der Waals surface area contributed by atoms with Crippen molar-refractivity contribution < 1.29 is 19.0 Å². The normalized spacial score (nSPS) is 17.8. The van der Waals surface area contributed by atoms with E-state index in [4.69, 9.17) is 19.2 Å². The number of Topliss-reactive ketones (excluding diaryl/α,β-unsaturated/α-hetero) is 1. The minimum Gasteiger partial charge on any atom is -0.497 e. The second-order valence-corrected chi connectivity index (χ2v) is 11.6. The maximum atomic E-state index is 14.5. The summed E-state index contributed by atoms with van der Waals surface area (Å²) in [5.74, 6) is 1.92. The van der Waals surface area contributed by atoms with Gasteiger partial charge in [-0.05, 0) is 42.4 Å². The first-order chi connectivity index (χ1) is 16.5. The van der Waals surface area contributed by atoms with Gasteiger partial charge in [0.2, 0.25) is 0 Å². The molecule has 2 aromatic carbocycles. The Balaban J connectivity index is 2.06. The molecule has 0 saturated heterocycles. The number of fused-ring (bicyclic) bond motifs is 3. The van der Waals surface area contributed by atoms with Crippen molar-refractivity contribution in [3.8, 4) is 17.2 Å². The highest BCUT2D eigenvalue weighted by atomic mass is 16.5. The van der Waals surface area contributed by atoms with Gasteiger partial charge in [0.15, 0.2) is 11.5 Å². The summed E-state index contributed by atoms with van der Waals surface area (Å²) in [7, 11) is 1.65. The molecular weight excluding hydrogens is 438 g/mol. The molecule has 0 bridgehead atoms. The summed E-state index contributed by atoms with van der Waals surface area (Å²) >= 11 is 0. The maximum Gasteiger partial charge on any atom is 0.178 e. The predicted octanol–water partition coefficient (Wildman–Crippen LogP) is 7.21. The van der Waals surface area contributed by atoms with Gasteiger partial charge in [0.1, 0.15) is 17.2 Å². The number of hydrogen-bond donors (Lipinski definition) is 0. The van der Waals surface area contributed by atoms with Gasteiger partial charge in [0.25, 0.3) is 0 Å². The summed E-state index contributed by atoms with van der Waals surface area (Å²) in [6.07, 6.45) is 2.55. The number of carbonyl (C=O) groups is 1. The molecule has 2 aromatic rings. The molecule has 4 rings (SSSR count). The Morgan fingerprint density at radius 3 is 2.31 bits per heavy atom. The van der Waals surface area contributed by atoms with Gasteiger partial charge >= 0.3 is 0 Å². The third-order valence-electron chi connectivity index (χ3n) is 6.73. The molecule has 2 heterocycles. The lowest BCUT2D eigenvalue weighted by Gasteiger charge is -2.37. The average Bonchev–Trinajstić information content (AvgIpc) is 2.80. The first kappa shape index (κ1) is 25.3. The van der Waals surface area contributed by atoms with E-state index in [1.807, 2.05) is 24.3 Å². The number of ether oxygens (including phenoxy) is 3. The van der Waals surface area contributed by atoms with Crippen molar-refractivity contribution in [3.63, 3.8) is 0 Å². The van der Waals surface area contributed by atoms with E-state index in [0.29, 0.717) is 30.2 Å². The molecule has 35 heavy (non-hydrogen) atoms. The van der Waals surface area contributed by atoms with Crippen LogP contribution >= 0.6 is 0 Å². The Labute approximate surface area is 209 Å². The number of ketones is 1. The number of rotatable bonds is 5. The van der Waals surface area contributed by atoms with E-state index < -0.39 is 5.92 Å². The van der Waals surface area contributed by atoms with Gasteiger partial charge in [-0.1, -0.05) is 60.6 Å². The Morgan fingerprint density at radius 2 is 1.74 bits per heavy atom. The molecule has 188 valence electrons. The van der Waals surface area contributed by atoms with Crippen LogP contribution in [0.25, 0.3) is 0 Å². The van der Waals surface area contributed by atoms with E-state index in [2.05, 4.69) is 48.5 Å². The van der Waals surface area contributed by atoms with Gasteiger partial charge in [0.05, 0.1) is 31.8 Å². The number of nitrogens with zero attached hydrogens (tertiary/aromatic N) is 1. The maximum absolute atomic E-state index is 14.5. The molecule has 5 heteroatoms. The van der Waals surface area contributed by atoms with Crippen LogP contribution in [0.5, 0.6) is 17.2 Å². The fourth-order valence-electron chi connectivity index (χ4n) is 5.12. The molecular formula is C30H39NO4. The predicted molar refractivity (Wildman–Crippen MR) is 141 cm³/mol. The molecule has 0 saturated carbocycles. The van der Waals surface area contributed by atoms with Crippen molar-refractivity contribution in [2.45, 2.75) is 79.1 Å². The van der Waals surface area contributed by atoms with E-state index in [-0.39, 0.29) is 16.6 Å². The van der Waals surface area contributed by atoms with Crippen molar-refractivity contribution in [2.24, 2.45) is 10.4 Å². The molecule has 0 fully saturated rings. The van der Waals surface area contributed by atoms with Crippen LogP contribution in [0.3, 0.4) is 0 Å². The highest BCUT2D eigenvalue weighted by molar-refractivity contribution is 6.24. The second kappa shape index (κ2) is 9.33. The molecule has 2 aliphatic heterocycles. The van der Waals surface area contributed by atoms with Crippen LogP contribution in [-0.2, 0) is 11.8 Å². The zero-order valence-corrected chi connectivity index (χ0v) is 22.5. The first-order valence-corrected chi connectivity index (χ1v) is 12.7. The molecule has 0 aliphatic carbocycles. The molecule has 1 atom stereocenters. The Kier molecular flexibility index (Phi) is 6.74. The molecule has 0 radical (unpaired) electrons. The third kappa shape index (κ3) is 4.57. The van der Waals surface area contributed by atoms with Gasteiger partial charge < -0.3 is 14.2 Å². The summed E-state index contributed by atoms with van der Waals surface area (Å²) in [6.45, 7) is 16.2. The fraction of sp³-hybridized carbons (Fsp3) is 0.533. The number of benzene rings is 2. The Bertz CT molecular complexity index is 1150. The van der Waals surface area contributed by atoms with Crippen molar-refractivity contribution in [1.82, 2.24) is 0 Å². The molecule has 2 aliphatic rings. The molecule has 0 spiro atoms. The highest BCUT2D eigenvalue weighted by Crippen LogP contribution is 2.54. The van der Waals surface area contributed by atoms with E-state index >= 15 is 0 Å². The second-order valence-electron chi connectivity index (χ2n) is 11.6. The Hall–Kier alpha value is -2.82. The van der Waals surface area contributed by atoms with Crippen LogP contribution < -0.4 is 14.2 Å². The smallest absolute Gasteiger partial charge is 0.178 e. The van der Waals surface area contributed by atoms with Gasteiger partial charge in [-0.25, -0.2) is 0 Å². The lowest BCUT2D eigenvalue weighted by atomic mass is 9.71. The number of hydrogen-bond acceptors (Lipinski definition) is 5.